The van der Waals surface area contributed by atoms with E-state index in [-0.39, 0.29) is 45.1 Å². The molecule has 3 heterocycles. The minimum Gasteiger partial charge on any atom is -0.415 e. The first-order valence-corrected chi connectivity index (χ1v) is 13.6. The van der Waals surface area contributed by atoms with Crippen LogP contribution in [0, 0.1) is 10.1 Å². The molecule has 1 aliphatic heterocycles. The second kappa shape index (κ2) is 13.5. The van der Waals surface area contributed by atoms with E-state index < -0.39 is 75.9 Å². The van der Waals surface area contributed by atoms with Crippen LogP contribution in [0.15, 0.2) is 66.1 Å². The summed E-state index contributed by atoms with van der Waals surface area (Å²) in [4.78, 5) is 14.8. The number of hydrogen-bond donors (Lipinski definition) is 1. The van der Waals surface area contributed by atoms with Crippen LogP contribution in [-0.4, -0.2) is 45.2 Å². The predicted molar refractivity (Wildman–Crippen MR) is 147 cm³/mol. The minimum atomic E-state index is -5.13. The normalized spacial score (nSPS) is 18.7. The number of pyridine rings is 1. The Kier molecular flexibility index (Phi) is 10.1. The molecule has 0 amide bonds. The summed E-state index contributed by atoms with van der Waals surface area (Å²) in [6, 6.07) is 8.21. The fourth-order valence-electron chi connectivity index (χ4n) is 5.00. The number of benzene rings is 1. The number of halogens is 6. The molecule has 1 N–H and O–H groups in total. The van der Waals surface area contributed by atoms with Crippen LogP contribution < -0.4 is 5.32 Å². The zero-order chi connectivity index (χ0) is 32.9. The van der Waals surface area contributed by atoms with E-state index in [1.54, 1.807) is 18.2 Å². The molecule has 10 nitrogen and oxygen atoms in total. The summed E-state index contributed by atoms with van der Waals surface area (Å²) in [7, 11) is 0. The number of nitrogens with zero attached hydrogens (tertiary/aromatic N) is 4. The molecule has 0 bridgehead atoms. The molecule has 1 aliphatic rings. The van der Waals surface area contributed by atoms with Gasteiger partial charge in [0.05, 0.1) is 36.1 Å². The molecule has 2 aromatic heterocycles. The molecular weight excluding hydrogens is 612 g/mol. The number of ether oxygens (including phenoxy) is 2. The van der Waals surface area contributed by atoms with Gasteiger partial charge in [0.25, 0.3) is 11.8 Å². The van der Waals surface area contributed by atoms with E-state index in [1.807, 2.05) is 0 Å². The van der Waals surface area contributed by atoms with Crippen molar-refractivity contribution in [3.8, 4) is 11.6 Å². The zero-order valence-corrected chi connectivity index (χ0v) is 23.8. The van der Waals surface area contributed by atoms with E-state index in [0.29, 0.717) is 5.56 Å². The summed E-state index contributed by atoms with van der Waals surface area (Å²) in [6.07, 6.45) is -8.36. The molecule has 0 saturated carbocycles. The van der Waals surface area contributed by atoms with Crippen molar-refractivity contribution in [3.63, 3.8) is 0 Å². The Morgan fingerprint density at radius 1 is 1.11 bits per heavy atom. The van der Waals surface area contributed by atoms with Gasteiger partial charge in [0.1, 0.15) is 0 Å². The molecule has 242 valence electrons. The van der Waals surface area contributed by atoms with Crippen LogP contribution in [-0.2, 0) is 34.3 Å². The van der Waals surface area contributed by atoms with Gasteiger partial charge >= 0.3 is 18.0 Å². The second-order valence-electron chi connectivity index (χ2n) is 10.4. The maximum Gasteiger partial charge on any atom is 0.426 e. The summed E-state index contributed by atoms with van der Waals surface area (Å²) in [5.74, 6) is -1.99. The van der Waals surface area contributed by atoms with Crippen molar-refractivity contribution in [1.29, 1.82) is 0 Å². The lowest BCUT2D eigenvalue weighted by Gasteiger charge is -2.38. The first-order valence-electron chi connectivity index (χ1n) is 13.6. The molecule has 0 aliphatic carbocycles. The lowest BCUT2D eigenvalue weighted by atomic mass is 9.84. The fraction of sp³-hybridized carbons (Fsp3) is 0.414. The van der Waals surface area contributed by atoms with E-state index in [2.05, 4.69) is 33.7 Å². The summed E-state index contributed by atoms with van der Waals surface area (Å²) in [6.45, 7) is 6.83. The molecular formula is C29H29F6N5O5. The predicted octanol–water partition coefficient (Wildman–Crippen LogP) is 6.82. The molecule has 0 radical (unpaired) electrons. The zero-order valence-electron chi connectivity index (χ0n) is 23.8. The van der Waals surface area contributed by atoms with E-state index in [9.17, 15) is 36.5 Å². The Hall–Kier alpha value is -4.15. The van der Waals surface area contributed by atoms with Gasteiger partial charge < -0.3 is 13.9 Å². The summed E-state index contributed by atoms with van der Waals surface area (Å²) in [5, 5.41) is 22.1. The summed E-state index contributed by atoms with van der Waals surface area (Å²) >= 11 is 0. The summed E-state index contributed by atoms with van der Waals surface area (Å²) in [5.41, 5.74) is -7.82. The van der Waals surface area contributed by atoms with E-state index in [0.717, 1.165) is 0 Å². The number of alkyl halides is 6. The number of rotatable bonds is 13. The van der Waals surface area contributed by atoms with Crippen molar-refractivity contribution in [3.05, 3.63) is 94.5 Å². The first kappa shape index (κ1) is 33.7. The number of nitro groups is 1. The van der Waals surface area contributed by atoms with Crippen LogP contribution in [0.4, 0.5) is 32.0 Å². The largest absolute Gasteiger partial charge is 0.426 e. The van der Waals surface area contributed by atoms with Crippen LogP contribution in [0.2, 0.25) is 0 Å². The van der Waals surface area contributed by atoms with Crippen molar-refractivity contribution < 1.29 is 45.2 Å². The van der Waals surface area contributed by atoms with Gasteiger partial charge in [0.15, 0.2) is 0 Å². The van der Waals surface area contributed by atoms with Gasteiger partial charge in [-0.2, -0.15) is 26.3 Å². The lowest BCUT2D eigenvalue weighted by molar-refractivity contribution is -0.384. The van der Waals surface area contributed by atoms with Gasteiger partial charge in [-0.05, 0) is 31.2 Å². The standard InChI is InChI=1S/C29H29F6N5O5/c1-3-5-12-27(29(33,34)35,44-17-19-9-7-6-8-10-19)25-39-38-24(45-25)23-22(40(41)42)15-20(28(30,31)32)21(37-23)16-26(11-4-2)13-14-43-18-36-26/h3-4,6-10,15,36H,1-2,5,11-14,16-18H2/t26?,27-/m1/s1. The highest BCUT2D eigenvalue weighted by molar-refractivity contribution is 5.63. The Morgan fingerprint density at radius 2 is 1.84 bits per heavy atom. The lowest BCUT2D eigenvalue weighted by Crippen LogP contribution is -2.52. The SMILES string of the molecule is C=CCC[C@@](OCc1ccccc1)(c1nnc(-c2nc(CC3(CC=C)CCOCN3)c(C(F)(F)F)cc2[N+](=O)[O-])o1)C(F)(F)F. The average molecular weight is 642 g/mol. The maximum absolute atomic E-state index is 14.8. The Labute approximate surface area is 253 Å². The topological polar surface area (TPSA) is 125 Å². The second-order valence-corrected chi connectivity index (χ2v) is 10.4. The van der Waals surface area contributed by atoms with Gasteiger partial charge in [-0.25, -0.2) is 4.98 Å². The third-order valence-corrected chi connectivity index (χ3v) is 7.36. The van der Waals surface area contributed by atoms with E-state index in [1.165, 1.54) is 24.3 Å². The Morgan fingerprint density at radius 3 is 2.42 bits per heavy atom. The van der Waals surface area contributed by atoms with Crippen molar-refractivity contribution in [2.75, 3.05) is 13.3 Å². The molecule has 1 aromatic carbocycles. The van der Waals surface area contributed by atoms with Crippen molar-refractivity contribution in [2.24, 2.45) is 0 Å². The van der Waals surface area contributed by atoms with E-state index >= 15 is 0 Å². The maximum atomic E-state index is 14.8. The molecule has 1 saturated heterocycles. The van der Waals surface area contributed by atoms with Gasteiger partial charge in [-0.3, -0.25) is 15.4 Å². The van der Waals surface area contributed by atoms with Gasteiger partial charge in [-0.1, -0.05) is 42.5 Å². The fourth-order valence-corrected chi connectivity index (χ4v) is 5.00. The highest BCUT2D eigenvalue weighted by Gasteiger charge is 2.61. The molecule has 0 spiro atoms. The number of aromatic nitrogens is 3. The number of nitrogens with one attached hydrogen (secondary N) is 1. The smallest absolute Gasteiger partial charge is 0.415 e. The molecule has 1 unspecified atom stereocenters. The van der Waals surface area contributed by atoms with Gasteiger partial charge in [0, 0.05) is 18.0 Å². The van der Waals surface area contributed by atoms with Crippen molar-refractivity contribution in [2.45, 2.75) is 62.2 Å². The van der Waals surface area contributed by atoms with Gasteiger partial charge in [0.2, 0.25) is 11.3 Å². The third-order valence-electron chi connectivity index (χ3n) is 7.36. The number of allylic oxidation sites excluding steroid dienone is 1. The Balaban J connectivity index is 1.86. The minimum absolute atomic E-state index is 0.0231. The van der Waals surface area contributed by atoms with Crippen LogP contribution >= 0.6 is 0 Å². The highest BCUT2D eigenvalue weighted by atomic mass is 19.4. The van der Waals surface area contributed by atoms with Crippen molar-refractivity contribution in [1.82, 2.24) is 20.5 Å². The molecule has 45 heavy (non-hydrogen) atoms. The quantitative estimate of drug-likeness (QED) is 0.0926. The van der Waals surface area contributed by atoms with Gasteiger partial charge in [-0.15, -0.1) is 23.4 Å². The molecule has 16 heteroatoms. The molecule has 4 rings (SSSR count). The summed E-state index contributed by atoms with van der Waals surface area (Å²) < 4.78 is 103. The van der Waals surface area contributed by atoms with Crippen LogP contribution in [0.1, 0.15) is 48.4 Å². The average Bonchev–Trinajstić information content (AvgIpc) is 3.47. The Bertz CT molecular complexity index is 1510. The van der Waals surface area contributed by atoms with Crippen LogP contribution in [0.5, 0.6) is 0 Å². The molecule has 1 fully saturated rings. The molecule has 2 atom stereocenters. The molecule has 3 aromatic rings. The highest BCUT2D eigenvalue weighted by Crippen LogP contribution is 2.47. The third kappa shape index (κ3) is 7.40. The monoisotopic (exact) mass is 641 g/mol. The van der Waals surface area contributed by atoms with E-state index in [4.69, 9.17) is 13.9 Å². The number of hydrogen-bond acceptors (Lipinski definition) is 9. The van der Waals surface area contributed by atoms with Crippen molar-refractivity contribution >= 4 is 5.69 Å². The first-order chi connectivity index (χ1) is 21.2. The van der Waals surface area contributed by atoms with Crippen LogP contribution in [0.25, 0.3) is 11.6 Å². The van der Waals surface area contributed by atoms with Crippen LogP contribution in [0.3, 0.4) is 0 Å².